The zero-order valence-corrected chi connectivity index (χ0v) is 13.2. The average Bonchev–Trinajstić information content (AvgIpc) is 2.41. The lowest BCUT2D eigenvalue weighted by Gasteiger charge is -2.21. The Balaban J connectivity index is 2.22. The smallest absolute Gasteiger partial charge is 0.137 e. The Hall–Kier alpha value is -1.39. The third-order valence-electron chi connectivity index (χ3n) is 2.89. The van der Waals surface area contributed by atoms with E-state index in [4.69, 9.17) is 0 Å². The summed E-state index contributed by atoms with van der Waals surface area (Å²) in [5, 5.41) is 3.41. The van der Waals surface area contributed by atoms with Gasteiger partial charge in [-0.2, -0.15) is 0 Å². The van der Waals surface area contributed by atoms with Gasteiger partial charge in [0.15, 0.2) is 0 Å². The molecule has 112 valence electrons. The third-order valence-corrected chi connectivity index (χ3v) is 4.05. The van der Waals surface area contributed by atoms with Crippen LogP contribution in [0.4, 0.5) is 8.78 Å². The summed E-state index contributed by atoms with van der Waals surface area (Å²) in [7, 11) is 0. The molecule has 0 aliphatic heterocycles. The molecule has 0 saturated carbocycles. The molecule has 0 bridgehead atoms. The van der Waals surface area contributed by atoms with Crippen molar-refractivity contribution in [3.05, 3.63) is 59.7 Å². The SMILES string of the molecule is CC(C)(C)NCc1ccccc1Sc1cc(F)ccc1F. The maximum absolute atomic E-state index is 13.8. The Morgan fingerprint density at radius 3 is 2.43 bits per heavy atom. The van der Waals surface area contributed by atoms with Crippen molar-refractivity contribution in [3.8, 4) is 0 Å². The van der Waals surface area contributed by atoms with Crippen LogP contribution in [0.25, 0.3) is 0 Å². The van der Waals surface area contributed by atoms with Gasteiger partial charge in [0.25, 0.3) is 0 Å². The first kappa shape index (κ1) is 16.0. The van der Waals surface area contributed by atoms with E-state index in [-0.39, 0.29) is 5.54 Å². The minimum Gasteiger partial charge on any atom is -0.308 e. The van der Waals surface area contributed by atoms with Crippen LogP contribution in [0.2, 0.25) is 0 Å². The van der Waals surface area contributed by atoms with E-state index < -0.39 is 11.6 Å². The Labute approximate surface area is 128 Å². The normalized spacial score (nSPS) is 11.7. The first-order valence-corrected chi connectivity index (χ1v) is 7.63. The summed E-state index contributed by atoms with van der Waals surface area (Å²) < 4.78 is 27.0. The quantitative estimate of drug-likeness (QED) is 0.852. The first-order chi connectivity index (χ1) is 9.85. The molecule has 0 amide bonds. The van der Waals surface area contributed by atoms with Crippen LogP contribution >= 0.6 is 11.8 Å². The molecule has 0 radical (unpaired) electrons. The molecule has 0 saturated heterocycles. The Bertz CT molecular complexity index is 620. The van der Waals surface area contributed by atoms with Crippen molar-refractivity contribution in [2.45, 2.75) is 42.6 Å². The van der Waals surface area contributed by atoms with Crippen molar-refractivity contribution < 1.29 is 8.78 Å². The maximum Gasteiger partial charge on any atom is 0.137 e. The Morgan fingerprint density at radius 1 is 1.00 bits per heavy atom. The molecule has 0 aromatic heterocycles. The highest BCUT2D eigenvalue weighted by Crippen LogP contribution is 2.32. The van der Waals surface area contributed by atoms with E-state index in [0.717, 1.165) is 22.6 Å². The van der Waals surface area contributed by atoms with Gasteiger partial charge in [0.1, 0.15) is 11.6 Å². The zero-order chi connectivity index (χ0) is 15.5. The highest BCUT2D eigenvalue weighted by atomic mass is 32.2. The van der Waals surface area contributed by atoms with E-state index in [1.165, 1.54) is 17.8 Å². The second-order valence-corrected chi connectivity index (χ2v) is 6.97. The minimum atomic E-state index is -0.427. The number of nitrogens with one attached hydrogen (secondary N) is 1. The summed E-state index contributed by atoms with van der Waals surface area (Å²) in [4.78, 5) is 1.23. The fourth-order valence-electron chi connectivity index (χ4n) is 1.78. The fourth-order valence-corrected chi connectivity index (χ4v) is 2.78. The standard InChI is InChI=1S/C17H19F2NS/c1-17(2,3)20-11-12-6-4-5-7-15(12)21-16-10-13(18)8-9-14(16)19/h4-10,20H,11H2,1-3H3. The molecule has 0 atom stereocenters. The van der Waals surface area contributed by atoms with Gasteiger partial charge in [0.2, 0.25) is 0 Å². The van der Waals surface area contributed by atoms with Gasteiger partial charge < -0.3 is 5.32 Å². The summed E-state index contributed by atoms with van der Waals surface area (Å²) in [5.41, 5.74) is 1.07. The molecule has 1 N–H and O–H groups in total. The molecule has 21 heavy (non-hydrogen) atoms. The summed E-state index contributed by atoms with van der Waals surface area (Å²) >= 11 is 1.25. The zero-order valence-electron chi connectivity index (χ0n) is 12.4. The second kappa shape index (κ2) is 6.58. The maximum atomic E-state index is 13.8. The molecule has 0 heterocycles. The van der Waals surface area contributed by atoms with E-state index >= 15 is 0 Å². The molecule has 1 nitrogen and oxygen atoms in total. The molecule has 2 aromatic carbocycles. The monoisotopic (exact) mass is 307 g/mol. The molecule has 4 heteroatoms. The van der Waals surface area contributed by atoms with Crippen LogP contribution < -0.4 is 5.32 Å². The summed E-state index contributed by atoms with van der Waals surface area (Å²) in [6.45, 7) is 6.96. The summed E-state index contributed by atoms with van der Waals surface area (Å²) in [6, 6.07) is 11.3. The molecule has 0 fully saturated rings. The van der Waals surface area contributed by atoms with Crippen LogP contribution in [-0.2, 0) is 6.54 Å². The van der Waals surface area contributed by atoms with Crippen molar-refractivity contribution in [2.24, 2.45) is 0 Å². The Kier molecular flexibility index (Phi) is 5.01. The van der Waals surface area contributed by atoms with E-state index in [9.17, 15) is 8.78 Å². The number of benzene rings is 2. The van der Waals surface area contributed by atoms with Crippen molar-refractivity contribution in [3.63, 3.8) is 0 Å². The van der Waals surface area contributed by atoms with E-state index in [0.29, 0.717) is 11.4 Å². The van der Waals surface area contributed by atoms with Gasteiger partial charge in [-0.05, 0) is 50.6 Å². The third kappa shape index (κ3) is 4.83. The van der Waals surface area contributed by atoms with Crippen molar-refractivity contribution in [2.75, 3.05) is 0 Å². The molecule has 0 aliphatic carbocycles. The predicted octanol–water partition coefficient (Wildman–Crippen LogP) is 5.00. The van der Waals surface area contributed by atoms with E-state index in [2.05, 4.69) is 26.1 Å². The van der Waals surface area contributed by atoms with Gasteiger partial charge in [-0.3, -0.25) is 0 Å². The van der Waals surface area contributed by atoms with Crippen LogP contribution in [0.1, 0.15) is 26.3 Å². The summed E-state index contributed by atoms with van der Waals surface area (Å²) in [5.74, 6) is -0.829. The molecule has 2 rings (SSSR count). The molecule has 2 aromatic rings. The van der Waals surface area contributed by atoms with Gasteiger partial charge in [-0.15, -0.1) is 0 Å². The van der Waals surface area contributed by atoms with Crippen molar-refractivity contribution in [1.82, 2.24) is 5.32 Å². The number of rotatable bonds is 4. The van der Waals surface area contributed by atoms with Crippen LogP contribution in [0, 0.1) is 11.6 Å². The molecular weight excluding hydrogens is 288 g/mol. The van der Waals surface area contributed by atoms with Gasteiger partial charge in [0.05, 0.1) is 4.90 Å². The lowest BCUT2D eigenvalue weighted by Crippen LogP contribution is -2.35. The molecule has 0 unspecified atom stereocenters. The molecule has 0 aliphatic rings. The first-order valence-electron chi connectivity index (χ1n) is 6.81. The van der Waals surface area contributed by atoms with E-state index in [1.807, 2.05) is 24.3 Å². The lowest BCUT2D eigenvalue weighted by atomic mass is 10.1. The molecule has 0 spiro atoms. The van der Waals surface area contributed by atoms with E-state index in [1.54, 1.807) is 0 Å². The van der Waals surface area contributed by atoms with Gasteiger partial charge in [0, 0.05) is 17.0 Å². The number of hydrogen-bond donors (Lipinski definition) is 1. The van der Waals surface area contributed by atoms with Gasteiger partial charge in [-0.25, -0.2) is 8.78 Å². The van der Waals surface area contributed by atoms with Gasteiger partial charge >= 0.3 is 0 Å². The summed E-state index contributed by atoms with van der Waals surface area (Å²) in [6.07, 6.45) is 0. The van der Waals surface area contributed by atoms with Crippen molar-refractivity contribution in [1.29, 1.82) is 0 Å². The highest BCUT2D eigenvalue weighted by Gasteiger charge is 2.12. The topological polar surface area (TPSA) is 12.0 Å². The minimum absolute atomic E-state index is 0.00187. The van der Waals surface area contributed by atoms with Crippen molar-refractivity contribution >= 4 is 11.8 Å². The number of halogens is 2. The second-order valence-electron chi connectivity index (χ2n) is 5.89. The van der Waals surface area contributed by atoms with Crippen LogP contribution in [-0.4, -0.2) is 5.54 Å². The van der Waals surface area contributed by atoms with Gasteiger partial charge in [-0.1, -0.05) is 30.0 Å². The predicted molar refractivity (Wildman–Crippen MR) is 83.5 cm³/mol. The average molecular weight is 307 g/mol. The molecular formula is C17H19F2NS. The number of hydrogen-bond acceptors (Lipinski definition) is 2. The lowest BCUT2D eigenvalue weighted by molar-refractivity contribution is 0.422. The van der Waals surface area contributed by atoms with Crippen LogP contribution in [0.5, 0.6) is 0 Å². The fraction of sp³-hybridized carbons (Fsp3) is 0.294. The Morgan fingerprint density at radius 2 is 1.71 bits per heavy atom. The largest absolute Gasteiger partial charge is 0.308 e. The highest BCUT2D eigenvalue weighted by molar-refractivity contribution is 7.99. The van der Waals surface area contributed by atoms with Crippen LogP contribution in [0.3, 0.4) is 0 Å². The van der Waals surface area contributed by atoms with Crippen LogP contribution in [0.15, 0.2) is 52.3 Å².